The minimum Gasteiger partial charge on any atom is -0.480 e. The maximum atomic E-state index is 12.3. The number of carbonyl (C=O) groups excluding carboxylic acids is 1. The molecule has 1 amide bonds. The maximum Gasteiger partial charge on any atom is 0.326 e. The zero-order valence-electron chi connectivity index (χ0n) is 11.6. The second kappa shape index (κ2) is 5.95. The predicted molar refractivity (Wildman–Crippen MR) is 79.8 cm³/mol. The van der Waals surface area contributed by atoms with Gasteiger partial charge in [-0.3, -0.25) is 4.79 Å². The molecule has 2 N–H and O–H groups in total. The van der Waals surface area contributed by atoms with Gasteiger partial charge in [0.05, 0.1) is 0 Å². The number of nitrogens with one attached hydrogen (secondary N) is 1. The van der Waals surface area contributed by atoms with Crippen LogP contribution in [0.5, 0.6) is 0 Å². The number of carboxylic acid groups (broad SMARTS) is 1. The zero-order valence-corrected chi connectivity index (χ0v) is 13.2. The highest BCUT2D eigenvalue weighted by molar-refractivity contribution is 9.10. The van der Waals surface area contributed by atoms with E-state index in [2.05, 4.69) is 21.2 Å². The average Bonchev–Trinajstić information content (AvgIpc) is 3.16. The molecule has 0 bridgehead atoms. The Labute approximate surface area is 126 Å². The minimum absolute atomic E-state index is 0.314. The standard InChI is InChI=1S/C15H18BrNO3/c1-8-6-12(16)9(2)5-11(8)14(18)17-13(15(19)20)7-10-3-4-10/h5-6,10,13H,3-4,7H2,1-2H3,(H,17,18)(H,19,20). The first-order chi connectivity index (χ1) is 9.38. The van der Waals surface area contributed by atoms with Crippen LogP contribution in [0.25, 0.3) is 0 Å². The zero-order chi connectivity index (χ0) is 14.9. The van der Waals surface area contributed by atoms with Gasteiger partial charge in [0.25, 0.3) is 5.91 Å². The van der Waals surface area contributed by atoms with Gasteiger partial charge in [-0.1, -0.05) is 28.8 Å². The van der Waals surface area contributed by atoms with Crippen LogP contribution in [0.15, 0.2) is 16.6 Å². The van der Waals surface area contributed by atoms with Gasteiger partial charge in [-0.15, -0.1) is 0 Å². The molecule has 1 aromatic carbocycles. The molecule has 0 aromatic heterocycles. The second-order valence-electron chi connectivity index (χ2n) is 5.46. The average molecular weight is 340 g/mol. The number of carboxylic acids is 1. The summed E-state index contributed by atoms with van der Waals surface area (Å²) >= 11 is 3.42. The monoisotopic (exact) mass is 339 g/mol. The molecule has 0 saturated heterocycles. The number of hydrogen-bond donors (Lipinski definition) is 2. The number of carbonyl (C=O) groups is 2. The Bertz CT molecular complexity index is 552. The number of rotatable bonds is 5. The minimum atomic E-state index is -0.961. The summed E-state index contributed by atoms with van der Waals surface area (Å²) in [5.74, 6) is -0.827. The van der Waals surface area contributed by atoms with Crippen molar-refractivity contribution in [3.8, 4) is 0 Å². The van der Waals surface area contributed by atoms with Crippen LogP contribution in [0, 0.1) is 19.8 Å². The predicted octanol–water partition coefficient (Wildman–Crippen LogP) is 3.05. The molecule has 108 valence electrons. The van der Waals surface area contributed by atoms with Crippen LogP contribution < -0.4 is 5.32 Å². The largest absolute Gasteiger partial charge is 0.480 e. The summed E-state index contributed by atoms with van der Waals surface area (Å²) in [7, 11) is 0. The van der Waals surface area contributed by atoms with Gasteiger partial charge >= 0.3 is 5.97 Å². The molecule has 1 aromatic rings. The summed E-state index contributed by atoms with van der Waals surface area (Å²) in [5.41, 5.74) is 2.32. The third kappa shape index (κ3) is 3.60. The summed E-state index contributed by atoms with van der Waals surface area (Å²) in [6, 6.07) is 2.87. The summed E-state index contributed by atoms with van der Waals surface area (Å²) in [6.07, 6.45) is 2.65. The van der Waals surface area contributed by atoms with E-state index in [1.165, 1.54) is 0 Å². The maximum absolute atomic E-state index is 12.3. The first-order valence-electron chi connectivity index (χ1n) is 6.69. The fraction of sp³-hybridized carbons (Fsp3) is 0.467. The number of hydrogen-bond acceptors (Lipinski definition) is 2. The Morgan fingerprint density at radius 3 is 2.55 bits per heavy atom. The first-order valence-corrected chi connectivity index (χ1v) is 7.48. The molecule has 0 spiro atoms. The third-order valence-electron chi connectivity index (χ3n) is 3.62. The third-order valence-corrected chi connectivity index (χ3v) is 4.47. The molecule has 1 aliphatic rings. The van der Waals surface area contributed by atoms with Crippen molar-refractivity contribution in [3.05, 3.63) is 33.3 Å². The van der Waals surface area contributed by atoms with E-state index in [0.29, 0.717) is 17.9 Å². The molecule has 0 heterocycles. The number of aryl methyl sites for hydroxylation is 2. The van der Waals surface area contributed by atoms with E-state index in [1.807, 2.05) is 19.9 Å². The summed E-state index contributed by atoms with van der Waals surface area (Å²) in [6.45, 7) is 3.74. The van der Waals surface area contributed by atoms with Crippen LogP contribution in [0.2, 0.25) is 0 Å². The van der Waals surface area contributed by atoms with Crippen molar-refractivity contribution in [2.24, 2.45) is 5.92 Å². The fourth-order valence-corrected chi connectivity index (χ4v) is 2.63. The molecule has 1 aliphatic carbocycles. The molecular weight excluding hydrogens is 322 g/mol. The van der Waals surface area contributed by atoms with E-state index >= 15 is 0 Å². The van der Waals surface area contributed by atoms with Crippen LogP contribution in [-0.2, 0) is 4.79 Å². The smallest absolute Gasteiger partial charge is 0.326 e. The van der Waals surface area contributed by atoms with Gasteiger partial charge in [0.2, 0.25) is 0 Å². The topological polar surface area (TPSA) is 66.4 Å². The number of aliphatic carboxylic acids is 1. The number of halogens is 1. The highest BCUT2D eigenvalue weighted by Crippen LogP contribution is 2.33. The van der Waals surface area contributed by atoms with Gasteiger partial charge < -0.3 is 10.4 Å². The van der Waals surface area contributed by atoms with Gasteiger partial charge in [-0.2, -0.15) is 0 Å². The highest BCUT2D eigenvalue weighted by Gasteiger charge is 2.30. The summed E-state index contributed by atoms with van der Waals surface area (Å²) < 4.78 is 0.944. The Morgan fingerprint density at radius 1 is 1.35 bits per heavy atom. The molecule has 2 rings (SSSR count). The van der Waals surface area contributed by atoms with E-state index in [1.54, 1.807) is 6.07 Å². The van der Waals surface area contributed by atoms with Crippen molar-refractivity contribution >= 4 is 27.8 Å². The molecule has 4 nitrogen and oxygen atoms in total. The summed E-state index contributed by atoms with van der Waals surface area (Å²) in [4.78, 5) is 23.5. The van der Waals surface area contributed by atoms with Crippen molar-refractivity contribution in [1.82, 2.24) is 5.32 Å². The fourth-order valence-electron chi connectivity index (χ4n) is 2.17. The lowest BCUT2D eigenvalue weighted by molar-refractivity contribution is -0.139. The van der Waals surface area contributed by atoms with Crippen molar-refractivity contribution in [2.75, 3.05) is 0 Å². The van der Waals surface area contributed by atoms with Crippen LogP contribution in [-0.4, -0.2) is 23.0 Å². The van der Waals surface area contributed by atoms with Crippen molar-refractivity contribution in [3.63, 3.8) is 0 Å². The van der Waals surface area contributed by atoms with Crippen molar-refractivity contribution < 1.29 is 14.7 Å². The lowest BCUT2D eigenvalue weighted by Gasteiger charge is -2.15. The molecule has 1 unspecified atom stereocenters. The van der Waals surface area contributed by atoms with Crippen LogP contribution in [0.4, 0.5) is 0 Å². The molecular formula is C15H18BrNO3. The molecule has 1 atom stereocenters. The molecule has 20 heavy (non-hydrogen) atoms. The molecule has 1 saturated carbocycles. The van der Waals surface area contributed by atoms with Crippen LogP contribution >= 0.6 is 15.9 Å². The van der Waals surface area contributed by atoms with Gasteiger partial charge in [0.1, 0.15) is 6.04 Å². The SMILES string of the molecule is Cc1cc(C(=O)NC(CC2CC2)C(=O)O)c(C)cc1Br. The van der Waals surface area contributed by atoms with Gasteiger partial charge in [0.15, 0.2) is 0 Å². The Kier molecular flexibility index (Phi) is 4.48. The Hall–Kier alpha value is -1.36. The lowest BCUT2D eigenvalue weighted by atomic mass is 10.0. The second-order valence-corrected chi connectivity index (χ2v) is 6.31. The van der Waals surface area contributed by atoms with Crippen molar-refractivity contribution in [1.29, 1.82) is 0 Å². The van der Waals surface area contributed by atoms with Gasteiger partial charge in [-0.05, 0) is 49.4 Å². The lowest BCUT2D eigenvalue weighted by Crippen LogP contribution is -2.41. The van der Waals surface area contributed by atoms with E-state index < -0.39 is 12.0 Å². The van der Waals surface area contributed by atoms with Gasteiger partial charge in [-0.25, -0.2) is 4.79 Å². The number of benzene rings is 1. The van der Waals surface area contributed by atoms with E-state index in [-0.39, 0.29) is 5.91 Å². The highest BCUT2D eigenvalue weighted by atomic mass is 79.9. The molecule has 1 fully saturated rings. The van der Waals surface area contributed by atoms with Crippen LogP contribution in [0.1, 0.15) is 40.7 Å². The van der Waals surface area contributed by atoms with E-state index in [0.717, 1.165) is 28.4 Å². The number of amides is 1. The Morgan fingerprint density at radius 2 is 2.00 bits per heavy atom. The molecule has 0 aliphatic heterocycles. The normalized spacial score (nSPS) is 15.8. The van der Waals surface area contributed by atoms with E-state index in [4.69, 9.17) is 0 Å². The van der Waals surface area contributed by atoms with E-state index in [9.17, 15) is 14.7 Å². The first kappa shape index (κ1) is 15.0. The van der Waals surface area contributed by atoms with Gasteiger partial charge in [0, 0.05) is 10.0 Å². The Balaban J connectivity index is 2.13. The molecule has 0 radical (unpaired) electrons. The van der Waals surface area contributed by atoms with Crippen LogP contribution in [0.3, 0.4) is 0 Å². The quantitative estimate of drug-likeness (QED) is 0.866. The summed E-state index contributed by atoms with van der Waals surface area (Å²) in [5, 5.41) is 11.8. The van der Waals surface area contributed by atoms with Crippen molar-refractivity contribution in [2.45, 2.75) is 39.2 Å². The molecule has 5 heteroatoms.